The van der Waals surface area contributed by atoms with Crippen molar-refractivity contribution in [2.45, 2.75) is 56.6 Å². The molecule has 1 aliphatic heterocycles. The number of nitrogens with zero attached hydrogens (tertiary/aromatic N) is 2. The highest BCUT2D eigenvalue weighted by Gasteiger charge is 2.35. The minimum atomic E-state index is -3.74. The van der Waals surface area contributed by atoms with Gasteiger partial charge in [-0.25, -0.2) is 13.6 Å². The van der Waals surface area contributed by atoms with Crippen LogP contribution < -0.4 is 5.14 Å². The zero-order valence-electron chi connectivity index (χ0n) is 17.5. The minimum Gasteiger partial charge on any atom is -0.375 e. The Balaban J connectivity index is 1.56. The van der Waals surface area contributed by atoms with Gasteiger partial charge >= 0.3 is 0 Å². The van der Waals surface area contributed by atoms with Crippen LogP contribution in [-0.2, 0) is 14.8 Å². The zero-order valence-corrected chi connectivity index (χ0v) is 18.3. The lowest BCUT2D eigenvalue weighted by Crippen LogP contribution is -2.53. The predicted octanol–water partition coefficient (Wildman–Crippen LogP) is 2.57. The second kappa shape index (κ2) is 8.26. The Morgan fingerprint density at radius 2 is 1.87 bits per heavy atom. The number of benzene rings is 1. The molecule has 8 heteroatoms. The van der Waals surface area contributed by atoms with Crippen LogP contribution in [0.3, 0.4) is 0 Å². The first-order chi connectivity index (χ1) is 14.3. The van der Waals surface area contributed by atoms with E-state index in [4.69, 9.17) is 9.88 Å². The molecule has 1 aromatic carbocycles. The van der Waals surface area contributed by atoms with Crippen LogP contribution in [0.15, 0.2) is 35.2 Å². The van der Waals surface area contributed by atoms with Gasteiger partial charge in [0.15, 0.2) is 5.78 Å². The van der Waals surface area contributed by atoms with Crippen molar-refractivity contribution >= 4 is 15.8 Å². The smallest absolute Gasteiger partial charge is 0.238 e. The molecule has 162 valence electrons. The monoisotopic (exact) mass is 431 g/mol. The molecule has 0 amide bonds. The first kappa shape index (κ1) is 21.2. The van der Waals surface area contributed by atoms with Gasteiger partial charge in [0, 0.05) is 35.2 Å². The Morgan fingerprint density at radius 1 is 1.17 bits per heavy atom. The maximum Gasteiger partial charge on any atom is 0.238 e. The van der Waals surface area contributed by atoms with Crippen LogP contribution in [0.5, 0.6) is 0 Å². The molecule has 2 aliphatic rings. The van der Waals surface area contributed by atoms with E-state index in [-0.39, 0.29) is 16.8 Å². The number of fused-ring (bicyclic) bond motifs is 1. The number of rotatable bonds is 5. The molecular weight excluding hydrogens is 402 g/mol. The summed E-state index contributed by atoms with van der Waals surface area (Å²) in [6.45, 7) is 5.75. The summed E-state index contributed by atoms with van der Waals surface area (Å²) in [5.74, 6) is 0.113. The fraction of sp³-hybridized carbons (Fsp3) is 0.500. The molecule has 0 bridgehead atoms. The van der Waals surface area contributed by atoms with Crippen LogP contribution in [0.2, 0.25) is 0 Å². The Labute approximate surface area is 177 Å². The number of Topliss-reactive ketones (excluding diaryl/α,β-unsaturated/α-hetero) is 1. The van der Waals surface area contributed by atoms with Crippen LogP contribution in [0, 0.1) is 13.8 Å². The van der Waals surface area contributed by atoms with Gasteiger partial charge in [-0.3, -0.25) is 9.69 Å². The SMILES string of the molecule is Cc1cc(C(=O)CN2CCOC3CCCCC32)c(C)n1-c1ccc(S(N)(=O)=O)cc1. The van der Waals surface area contributed by atoms with Gasteiger partial charge in [-0.15, -0.1) is 0 Å². The quantitative estimate of drug-likeness (QED) is 0.734. The van der Waals surface area contributed by atoms with E-state index in [1.165, 1.54) is 25.0 Å². The van der Waals surface area contributed by atoms with E-state index in [9.17, 15) is 13.2 Å². The molecule has 1 saturated heterocycles. The Morgan fingerprint density at radius 3 is 2.57 bits per heavy atom. The van der Waals surface area contributed by atoms with Gasteiger partial charge in [-0.05, 0) is 57.0 Å². The van der Waals surface area contributed by atoms with E-state index in [1.54, 1.807) is 12.1 Å². The number of hydrogen-bond acceptors (Lipinski definition) is 5. The highest BCUT2D eigenvalue weighted by atomic mass is 32.2. The lowest BCUT2D eigenvalue weighted by atomic mass is 9.90. The average molecular weight is 432 g/mol. The molecule has 0 spiro atoms. The first-order valence-corrected chi connectivity index (χ1v) is 12.0. The summed E-state index contributed by atoms with van der Waals surface area (Å²) in [5, 5.41) is 5.19. The minimum absolute atomic E-state index is 0.0689. The number of ether oxygens (including phenoxy) is 1. The van der Waals surface area contributed by atoms with Gasteiger partial charge in [-0.2, -0.15) is 0 Å². The van der Waals surface area contributed by atoms with E-state index in [0.29, 0.717) is 24.8 Å². The van der Waals surface area contributed by atoms with Gasteiger partial charge in [-0.1, -0.05) is 12.8 Å². The van der Waals surface area contributed by atoms with Crippen molar-refractivity contribution in [2.75, 3.05) is 19.7 Å². The molecule has 1 aliphatic carbocycles. The van der Waals surface area contributed by atoms with Crippen molar-refractivity contribution in [1.29, 1.82) is 0 Å². The average Bonchev–Trinajstić information content (AvgIpc) is 3.02. The lowest BCUT2D eigenvalue weighted by molar-refractivity contribution is -0.0846. The first-order valence-electron chi connectivity index (χ1n) is 10.5. The van der Waals surface area contributed by atoms with Crippen molar-refractivity contribution in [3.8, 4) is 5.69 Å². The molecule has 2 atom stereocenters. The van der Waals surface area contributed by atoms with Gasteiger partial charge in [0.05, 0.1) is 24.2 Å². The molecule has 1 aromatic heterocycles. The summed E-state index contributed by atoms with van der Waals surface area (Å²) in [6.07, 6.45) is 4.82. The normalized spacial score (nSPS) is 22.6. The number of aryl methyl sites for hydroxylation is 1. The molecule has 30 heavy (non-hydrogen) atoms. The number of aromatic nitrogens is 1. The summed E-state index contributed by atoms with van der Waals surface area (Å²) >= 11 is 0. The Bertz CT molecular complexity index is 1040. The molecule has 2 unspecified atom stereocenters. The van der Waals surface area contributed by atoms with E-state index in [1.807, 2.05) is 24.5 Å². The van der Waals surface area contributed by atoms with Gasteiger partial charge in [0.1, 0.15) is 0 Å². The van der Waals surface area contributed by atoms with Crippen LogP contribution in [-0.4, -0.2) is 55.5 Å². The highest BCUT2D eigenvalue weighted by molar-refractivity contribution is 7.89. The van der Waals surface area contributed by atoms with Crippen LogP contribution in [0.1, 0.15) is 47.4 Å². The Kier molecular flexibility index (Phi) is 5.85. The molecule has 4 rings (SSSR count). The maximum absolute atomic E-state index is 13.2. The number of ketones is 1. The van der Waals surface area contributed by atoms with Gasteiger partial charge in [0.25, 0.3) is 0 Å². The number of nitrogens with two attached hydrogens (primary N) is 1. The van der Waals surface area contributed by atoms with Crippen LogP contribution >= 0.6 is 0 Å². The lowest BCUT2D eigenvalue weighted by Gasteiger charge is -2.43. The standard InChI is InChI=1S/C22H29N3O4S/c1-15-13-19(16(2)25(15)17-7-9-18(10-8-17)30(23,27)28)21(26)14-24-11-12-29-22-6-4-3-5-20(22)24/h7-10,13,20,22H,3-6,11-12,14H2,1-2H3,(H2,23,27,28). The van der Waals surface area contributed by atoms with Crippen LogP contribution in [0.25, 0.3) is 5.69 Å². The summed E-state index contributed by atoms with van der Waals surface area (Å²) in [4.78, 5) is 15.6. The summed E-state index contributed by atoms with van der Waals surface area (Å²) < 4.78 is 30.9. The van der Waals surface area contributed by atoms with Crippen molar-refractivity contribution in [1.82, 2.24) is 9.47 Å². The fourth-order valence-electron chi connectivity index (χ4n) is 4.87. The zero-order chi connectivity index (χ0) is 21.5. The topological polar surface area (TPSA) is 94.6 Å². The van der Waals surface area contributed by atoms with E-state index < -0.39 is 10.0 Å². The third-order valence-electron chi connectivity index (χ3n) is 6.35. The van der Waals surface area contributed by atoms with Crippen molar-refractivity contribution < 1.29 is 17.9 Å². The van der Waals surface area contributed by atoms with Crippen molar-refractivity contribution in [2.24, 2.45) is 5.14 Å². The van der Waals surface area contributed by atoms with Crippen molar-refractivity contribution in [3.05, 3.63) is 47.3 Å². The molecule has 2 N–H and O–H groups in total. The number of carbonyl (C=O) groups is 1. The number of morpholine rings is 1. The van der Waals surface area contributed by atoms with Crippen LogP contribution in [0.4, 0.5) is 0 Å². The molecule has 2 heterocycles. The third kappa shape index (κ3) is 4.09. The van der Waals surface area contributed by atoms with E-state index in [0.717, 1.165) is 36.5 Å². The largest absolute Gasteiger partial charge is 0.375 e. The second-order valence-corrected chi connectivity index (χ2v) is 9.88. The molecular formula is C22H29N3O4S. The summed E-state index contributed by atoms with van der Waals surface area (Å²) in [5.41, 5.74) is 3.29. The van der Waals surface area contributed by atoms with Gasteiger partial charge in [0.2, 0.25) is 10.0 Å². The highest BCUT2D eigenvalue weighted by Crippen LogP contribution is 2.29. The molecule has 7 nitrogen and oxygen atoms in total. The second-order valence-electron chi connectivity index (χ2n) is 8.31. The number of hydrogen-bond donors (Lipinski definition) is 1. The summed E-state index contributed by atoms with van der Waals surface area (Å²) in [6, 6.07) is 8.66. The molecule has 0 radical (unpaired) electrons. The number of primary sulfonamides is 1. The molecule has 2 aromatic rings. The number of carbonyl (C=O) groups excluding carboxylic acids is 1. The maximum atomic E-state index is 13.2. The number of sulfonamides is 1. The fourth-order valence-corrected chi connectivity index (χ4v) is 5.39. The Hall–Kier alpha value is -2.00. The molecule has 1 saturated carbocycles. The van der Waals surface area contributed by atoms with E-state index in [2.05, 4.69) is 4.90 Å². The molecule has 2 fully saturated rings. The van der Waals surface area contributed by atoms with Gasteiger partial charge < -0.3 is 9.30 Å². The van der Waals surface area contributed by atoms with E-state index >= 15 is 0 Å². The summed E-state index contributed by atoms with van der Waals surface area (Å²) in [7, 11) is -3.74. The van der Waals surface area contributed by atoms with Crippen molar-refractivity contribution in [3.63, 3.8) is 0 Å². The third-order valence-corrected chi connectivity index (χ3v) is 7.28. The predicted molar refractivity (Wildman–Crippen MR) is 115 cm³/mol.